The van der Waals surface area contributed by atoms with Crippen molar-refractivity contribution >= 4 is 0 Å². The molecule has 2 N–H and O–H groups in total. The summed E-state index contributed by atoms with van der Waals surface area (Å²) in [4.78, 5) is 0. The summed E-state index contributed by atoms with van der Waals surface area (Å²) in [6, 6.07) is 27.2. The molecule has 130 valence electrons. The highest BCUT2D eigenvalue weighted by Crippen LogP contribution is 2.13. The van der Waals surface area contributed by atoms with Gasteiger partial charge in [0.05, 0.1) is 6.61 Å². The van der Waals surface area contributed by atoms with Crippen molar-refractivity contribution in [1.82, 2.24) is 0 Å². The van der Waals surface area contributed by atoms with Gasteiger partial charge in [0.25, 0.3) is 0 Å². The van der Waals surface area contributed by atoms with Gasteiger partial charge in [-0.15, -0.1) is 0 Å². The van der Waals surface area contributed by atoms with Crippen molar-refractivity contribution in [3.63, 3.8) is 0 Å². The Hall–Kier alpha value is -2.98. The van der Waals surface area contributed by atoms with Crippen LogP contribution in [-0.2, 0) is 4.74 Å². The molecule has 0 saturated carbocycles. The molecule has 4 rings (SSSR count). The van der Waals surface area contributed by atoms with E-state index in [1.165, 1.54) is 0 Å². The van der Waals surface area contributed by atoms with Gasteiger partial charge in [-0.05, 0) is 36.4 Å². The number of benzene rings is 3. The molecule has 0 aromatic heterocycles. The van der Waals surface area contributed by atoms with Gasteiger partial charge in [0.15, 0.2) is 0 Å². The topological polar surface area (TPSA) is 62.2 Å². The molecule has 3 aromatic rings. The van der Waals surface area contributed by atoms with Crippen molar-refractivity contribution in [3.8, 4) is 17.2 Å². The fourth-order valence-corrected chi connectivity index (χ4v) is 1.73. The van der Waals surface area contributed by atoms with Crippen LogP contribution < -0.4 is 4.74 Å². The van der Waals surface area contributed by atoms with Gasteiger partial charge >= 0.3 is 0 Å². The van der Waals surface area contributed by atoms with Crippen LogP contribution in [-0.4, -0.2) is 29.5 Å². The molecule has 4 nitrogen and oxygen atoms in total. The monoisotopic (exact) mass is 338 g/mol. The molecule has 1 aliphatic heterocycles. The minimum absolute atomic E-state index is 0.322. The fraction of sp³-hybridized carbons (Fsp3) is 0.143. The van der Waals surface area contributed by atoms with Crippen molar-refractivity contribution in [1.29, 1.82) is 0 Å². The predicted molar refractivity (Wildman–Crippen MR) is 97.9 cm³/mol. The quantitative estimate of drug-likeness (QED) is 0.701. The molecule has 1 atom stereocenters. The van der Waals surface area contributed by atoms with Gasteiger partial charge in [0.1, 0.15) is 30.0 Å². The second-order valence-corrected chi connectivity index (χ2v) is 5.25. The number of ether oxygens (including phenoxy) is 2. The van der Waals surface area contributed by atoms with E-state index in [0.29, 0.717) is 24.2 Å². The van der Waals surface area contributed by atoms with Crippen molar-refractivity contribution in [2.45, 2.75) is 6.10 Å². The maximum Gasteiger partial charge on any atom is 0.119 e. The summed E-state index contributed by atoms with van der Waals surface area (Å²) in [6.07, 6.45) is 0.343. The van der Waals surface area contributed by atoms with Crippen molar-refractivity contribution < 1.29 is 19.7 Å². The maximum atomic E-state index is 8.63. The molecule has 3 aromatic carbocycles. The zero-order chi connectivity index (χ0) is 17.7. The van der Waals surface area contributed by atoms with E-state index in [1.807, 2.05) is 42.5 Å². The van der Waals surface area contributed by atoms with Gasteiger partial charge in [-0.2, -0.15) is 0 Å². The molecule has 1 unspecified atom stereocenters. The summed E-state index contributed by atoms with van der Waals surface area (Å²) < 4.78 is 10.4. The Bertz CT molecular complexity index is 645. The van der Waals surface area contributed by atoms with Gasteiger partial charge in [0, 0.05) is 0 Å². The van der Waals surface area contributed by atoms with Crippen molar-refractivity contribution in [3.05, 3.63) is 91.0 Å². The lowest BCUT2D eigenvalue weighted by atomic mass is 10.3. The highest BCUT2D eigenvalue weighted by Gasteiger charge is 2.22. The number of hydrogen-bond donors (Lipinski definition) is 2. The molecule has 0 radical (unpaired) electrons. The highest BCUT2D eigenvalue weighted by atomic mass is 16.6. The van der Waals surface area contributed by atoms with Crippen LogP contribution in [0.1, 0.15) is 0 Å². The van der Waals surface area contributed by atoms with Crippen molar-refractivity contribution in [2.75, 3.05) is 13.2 Å². The van der Waals surface area contributed by atoms with Gasteiger partial charge in [-0.25, -0.2) is 0 Å². The summed E-state index contributed by atoms with van der Waals surface area (Å²) in [5.74, 6) is 1.56. The van der Waals surface area contributed by atoms with Crippen LogP contribution >= 0.6 is 0 Å². The number of para-hydroxylation sites is 3. The van der Waals surface area contributed by atoms with Crippen LogP contribution in [0.4, 0.5) is 0 Å². The van der Waals surface area contributed by atoms with E-state index < -0.39 is 0 Å². The summed E-state index contributed by atoms with van der Waals surface area (Å²) in [5, 5.41) is 17.3. The number of hydrogen-bond acceptors (Lipinski definition) is 4. The Kier molecular flexibility index (Phi) is 7.88. The minimum Gasteiger partial charge on any atom is -0.508 e. The van der Waals surface area contributed by atoms with E-state index in [1.54, 1.807) is 48.5 Å². The third-order valence-corrected chi connectivity index (χ3v) is 3.09. The molecule has 0 bridgehead atoms. The number of phenols is 2. The third kappa shape index (κ3) is 9.03. The lowest BCUT2D eigenvalue weighted by Crippen LogP contribution is -2.03. The molecule has 0 amide bonds. The summed E-state index contributed by atoms with van der Waals surface area (Å²) in [6.45, 7) is 1.54. The van der Waals surface area contributed by atoms with E-state index in [0.717, 1.165) is 12.4 Å². The molecule has 1 aliphatic rings. The van der Waals surface area contributed by atoms with Gasteiger partial charge in [-0.3, -0.25) is 0 Å². The average Bonchev–Trinajstić information content (AvgIpc) is 3.48. The number of epoxide rings is 1. The first-order chi connectivity index (χ1) is 12.2. The van der Waals surface area contributed by atoms with E-state index in [2.05, 4.69) is 0 Å². The Labute approximate surface area is 147 Å². The second-order valence-electron chi connectivity index (χ2n) is 5.25. The molecule has 0 spiro atoms. The summed E-state index contributed by atoms with van der Waals surface area (Å²) in [5.41, 5.74) is 0. The molecular weight excluding hydrogens is 316 g/mol. The minimum atomic E-state index is 0.322. The Morgan fingerprint density at radius 3 is 1.44 bits per heavy atom. The Morgan fingerprint density at radius 1 is 0.720 bits per heavy atom. The van der Waals surface area contributed by atoms with Gasteiger partial charge in [0.2, 0.25) is 0 Å². The first kappa shape index (κ1) is 18.4. The van der Waals surface area contributed by atoms with E-state index in [9.17, 15) is 0 Å². The van der Waals surface area contributed by atoms with Crippen LogP contribution in [0.3, 0.4) is 0 Å². The molecule has 1 heterocycles. The lowest BCUT2D eigenvalue weighted by molar-refractivity contribution is 0.263. The molecule has 0 aliphatic carbocycles. The van der Waals surface area contributed by atoms with E-state index in [-0.39, 0.29) is 0 Å². The summed E-state index contributed by atoms with van der Waals surface area (Å²) >= 11 is 0. The Balaban J connectivity index is 0.000000142. The normalized spacial score (nSPS) is 14.2. The van der Waals surface area contributed by atoms with Crippen LogP contribution in [0, 0.1) is 0 Å². The SMILES string of the molecule is Oc1ccccc1.Oc1ccccc1.c1ccc(OCC2CO2)cc1. The van der Waals surface area contributed by atoms with Gasteiger partial charge < -0.3 is 19.7 Å². The third-order valence-electron chi connectivity index (χ3n) is 3.09. The second kappa shape index (κ2) is 10.7. The zero-order valence-electron chi connectivity index (χ0n) is 13.9. The number of aromatic hydroxyl groups is 2. The zero-order valence-corrected chi connectivity index (χ0v) is 13.9. The number of rotatable bonds is 3. The van der Waals surface area contributed by atoms with Crippen LogP contribution in [0.25, 0.3) is 0 Å². The molecular formula is C21H22O4. The summed E-state index contributed by atoms with van der Waals surface area (Å²) in [7, 11) is 0. The van der Waals surface area contributed by atoms with Crippen LogP contribution in [0.15, 0.2) is 91.0 Å². The number of phenolic OH excluding ortho intramolecular Hbond substituents is 2. The fourth-order valence-electron chi connectivity index (χ4n) is 1.73. The van der Waals surface area contributed by atoms with Crippen LogP contribution in [0.2, 0.25) is 0 Å². The molecule has 25 heavy (non-hydrogen) atoms. The predicted octanol–water partition coefficient (Wildman–Crippen LogP) is 4.25. The largest absolute Gasteiger partial charge is 0.508 e. The van der Waals surface area contributed by atoms with Gasteiger partial charge in [-0.1, -0.05) is 54.6 Å². The molecule has 1 fully saturated rings. The van der Waals surface area contributed by atoms with E-state index in [4.69, 9.17) is 19.7 Å². The first-order valence-corrected chi connectivity index (χ1v) is 8.01. The first-order valence-electron chi connectivity index (χ1n) is 8.01. The Morgan fingerprint density at radius 2 is 1.12 bits per heavy atom. The van der Waals surface area contributed by atoms with Crippen LogP contribution in [0.5, 0.6) is 17.2 Å². The average molecular weight is 338 g/mol. The van der Waals surface area contributed by atoms with Crippen molar-refractivity contribution in [2.24, 2.45) is 0 Å². The standard InChI is InChI=1S/C9H10O2.2C6H6O/c1-2-4-8(5-3-1)10-6-9-7-11-9;2*7-6-4-2-1-3-5-6/h1-5,9H,6-7H2;2*1-5,7H. The molecule has 1 saturated heterocycles. The lowest BCUT2D eigenvalue weighted by Gasteiger charge is -2.01. The molecule has 4 heteroatoms. The maximum absolute atomic E-state index is 8.63. The van der Waals surface area contributed by atoms with E-state index >= 15 is 0 Å². The smallest absolute Gasteiger partial charge is 0.119 e. The highest BCUT2D eigenvalue weighted by molar-refractivity contribution is 5.21.